The van der Waals surface area contributed by atoms with Crippen LogP contribution in [-0.2, 0) is 4.84 Å². The summed E-state index contributed by atoms with van der Waals surface area (Å²) in [5.41, 5.74) is 4.68. The zero-order chi connectivity index (χ0) is 14.1. The van der Waals surface area contributed by atoms with Crippen LogP contribution < -0.4 is 62.2 Å². The van der Waals surface area contributed by atoms with E-state index in [-0.39, 0.29) is 51.4 Å². The van der Waals surface area contributed by atoms with E-state index in [9.17, 15) is 0 Å². The number of halogens is 1. The normalized spacial score (nSPS) is 9.55. The van der Waals surface area contributed by atoms with Gasteiger partial charge in [-0.05, 0) is 25.0 Å². The summed E-state index contributed by atoms with van der Waals surface area (Å²) < 4.78 is 0. The van der Waals surface area contributed by atoms with Crippen molar-refractivity contribution >= 4 is 29.9 Å². The second-order valence-corrected chi connectivity index (χ2v) is 4.27. The first kappa shape index (κ1) is 20.4. The number of nitrogens with one attached hydrogen (secondary N) is 1. The van der Waals surface area contributed by atoms with Crippen molar-refractivity contribution in [3.05, 3.63) is 41.5 Å². The predicted molar refractivity (Wildman–Crippen MR) is 78.5 cm³/mol. The third-order valence-electron chi connectivity index (χ3n) is 2.42. The number of nitrogens with zero attached hydrogens (tertiary/aromatic N) is 1. The summed E-state index contributed by atoms with van der Waals surface area (Å²) in [6.07, 6.45) is 3.16. The number of anilines is 1. The van der Waals surface area contributed by atoms with Gasteiger partial charge in [0.2, 0.25) is 0 Å². The van der Waals surface area contributed by atoms with Crippen LogP contribution in [0.3, 0.4) is 0 Å². The molecule has 3 N–H and O–H groups in total. The van der Waals surface area contributed by atoms with Crippen molar-refractivity contribution in [3.8, 4) is 0 Å². The van der Waals surface area contributed by atoms with Gasteiger partial charge < -0.3 is 25.7 Å². The zero-order valence-corrected chi connectivity index (χ0v) is 15.4. The number of rotatable bonds is 9. The van der Waals surface area contributed by atoms with E-state index in [2.05, 4.69) is 17.4 Å². The number of hydrogen-bond acceptors (Lipinski definition) is 4. The van der Waals surface area contributed by atoms with Crippen LogP contribution in [0.2, 0.25) is 5.02 Å². The fraction of sp³-hybridized carbons (Fsp3) is 0.333. The molecule has 1 rings (SSSR count). The molecule has 0 aromatic heterocycles. The van der Waals surface area contributed by atoms with Gasteiger partial charge in [-0.15, -0.1) is 6.58 Å². The minimum Gasteiger partial charge on any atom is -0.569 e. The third kappa shape index (κ3) is 8.02. The zero-order valence-electron chi connectivity index (χ0n) is 11.6. The van der Waals surface area contributed by atoms with Gasteiger partial charge in [0.15, 0.2) is 0 Å². The average molecular weight is 323 g/mol. The van der Waals surface area contributed by atoms with E-state index in [0.29, 0.717) is 17.1 Å². The molecule has 0 saturated heterocycles. The summed E-state index contributed by atoms with van der Waals surface area (Å²) >= 11 is 5.92. The van der Waals surface area contributed by atoms with Gasteiger partial charge in [-0.2, -0.15) is 6.20 Å². The van der Waals surface area contributed by atoms with Gasteiger partial charge in [0.25, 0.3) is 0 Å². The number of unbranched alkanes of at least 4 members (excludes halogenated alkanes) is 1. The molecular weight excluding hydrogens is 306 g/mol. The Morgan fingerprint density at radius 3 is 2.75 bits per heavy atom. The van der Waals surface area contributed by atoms with Crippen molar-refractivity contribution in [3.63, 3.8) is 0 Å². The maximum atomic E-state index is 9.03. The molecule has 0 aliphatic heterocycles. The van der Waals surface area contributed by atoms with E-state index < -0.39 is 7.12 Å². The summed E-state index contributed by atoms with van der Waals surface area (Å²) in [6, 6.07) is 5.01. The standard InChI is InChI=1S/C12H17BClN2O3.K/c1-2-16-19-8-4-3-7-15-10-5-6-11(13(17)18)12(14)9-10;/h2,5-6,9,15,17-18H,1,3-4,7-8H2;/q-1;+1. The van der Waals surface area contributed by atoms with Crippen molar-refractivity contribution < 1.29 is 66.3 Å². The molecule has 0 atom stereocenters. The van der Waals surface area contributed by atoms with E-state index in [1.54, 1.807) is 18.2 Å². The van der Waals surface area contributed by atoms with Crippen LogP contribution in [-0.4, -0.2) is 30.3 Å². The minimum absolute atomic E-state index is 0. The van der Waals surface area contributed by atoms with E-state index in [1.165, 1.54) is 6.20 Å². The van der Waals surface area contributed by atoms with E-state index in [0.717, 1.165) is 25.1 Å². The molecule has 104 valence electrons. The largest absolute Gasteiger partial charge is 1.00 e. The van der Waals surface area contributed by atoms with Crippen molar-refractivity contribution in [2.45, 2.75) is 12.8 Å². The molecule has 8 heteroatoms. The third-order valence-corrected chi connectivity index (χ3v) is 2.75. The molecule has 1 aromatic carbocycles. The van der Waals surface area contributed by atoms with Crippen molar-refractivity contribution in [1.29, 1.82) is 0 Å². The molecule has 0 aliphatic carbocycles. The van der Waals surface area contributed by atoms with E-state index in [4.69, 9.17) is 26.5 Å². The molecule has 0 aliphatic rings. The van der Waals surface area contributed by atoms with Crippen LogP contribution in [0.4, 0.5) is 5.69 Å². The molecule has 0 heterocycles. The Morgan fingerprint density at radius 1 is 1.40 bits per heavy atom. The van der Waals surface area contributed by atoms with Crippen LogP contribution in [0, 0.1) is 0 Å². The second-order valence-electron chi connectivity index (χ2n) is 3.87. The fourth-order valence-corrected chi connectivity index (χ4v) is 1.75. The Balaban J connectivity index is 0.00000361. The Labute approximate surface area is 167 Å². The summed E-state index contributed by atoms with van der Waals surface area (Å²) in [6.45, 7) is 4.74. The molecule has 0 amide bonds. The van der Waals surface area contributed by atoms with Crippen LogP contribution >= 0.6 is 11.6 Å². The van der Waals surface area contributed by atoms with E-state index in [1.807, 2.05) is 0 Å². The minimum atomic E-state index is -1.55. The van der Waals surface area contributed by atoms with E-state index >= 15 is 0 Å². The van der Waals surface area contributed by atoms with Crippen LogP contribution in [0.1, 0.15) is 12.8 Å². The van der Waals surface area contributed by atoms with Crippen molar-refractivity contribution in [2.24, 2.45) is 0 Å². The smallest absolute Gasteiger partial charge is 0.569 e. The molecule has 0 fully saturated rings. The first-order valence-electron chi connectivity index (χ1n) is 5.97. The summed E-state index contributed by atoms with van der Waals surface area (Å²) in [5, 5.41) is 21.6. The maximum absolute atomic E-state index is 9.03. The monoisotopic (exact) mass is 322 g/mol. The molecule has 1 aromatic rings. The summed E-state index contributed by atoms with van der Waals surface area (Å²) in [4.78, 5) is 4.90. The Kier molecular flexibility index (Phi) is 12.3. The molecule has 0 spiro atoms. The molecule has 5 nitrogen and oxygen atoms in total. The van der Waals surface area contributed by atoms with Crippen LogP contribution in [0.5, 0.6) is 0 Å². The quantitative estimate of drug-likeness (QED) is 0.299. The average Bonchev–Trinajstić information content (AvgIpc) is 2.37. The summed E-state index contributed by atoms with van der Waals surface area (Å²) in [5.74, 6) is 0. The van der Waals surface area contributed by atoms with Gasteiger partial charge in [0, 0.05) is 29.3 Å². The number of benzene rings is 1. The summed E-state index contributed by atoms with van der Waals surface area (Å²) in [7, 11) is -1.55. The van der Waals surface area contributed by atoms with Gasteiger partial charge in [0.05, 0.1) is 0 Å². The first-order chi connectivity index (χ1) is 9.15. The van der Waals surface area contributed by atoms with Gasteiger partial charge in [-0.1, -0.05) is 17.7 Å². The topological polar surface area (TPSA) is 75.8 Å². The van der Waals surface area contributed by atoms with Gasteiger partial charge in [-0.25, -0.2) is 0 Å². The molecule has 20 heavy (non-hydrogen) atoms. The van der Waals surface area contributed by atoms with Gasteiger partial charge in [-0.3, -0.25) is 0 Å². The number of hydrogen-bond donors (Lipinski definition) is 3. The van der Waals surface area contributed by atoms with Crippen molar-refractivity contribution in [2.75, 3.05) is 18.5 Å². The van der Waals surface area contributed by atoms with Crippen LogP contribution in [0.15, 0.2) is 31.0 Å². The molecule has 0 unspecified atom stereocenters. The van der Waals surface area contributed by atoms with Gasteiger partial charge >= 0.3 is 58.5 Å². The predicted octanol–water partition coefficient (Wildman–Crippen LogP) is -1.34. The number of hydroxylamine groups is 1. The first-order valence-corrected chi connectivity index (χ1v) is 6.35. The fourth-order valence-electron chi connectivity index (χ4n) is 1.48. The Hall–Kier alpha value is 0.431. The van der Waals surface area contributed by atoms with Crippen LogP contribution in [0.25, 0.3) is 5.48 Å². The Morgan fingerprint density at radius 2 is 2.15 bits per heavy atom. The molecular formula is C12H17BClKN2O3. The van der Waals surface area contributed by atoms with Gasteiger partial charge in [0.1, 0.15) is 0 Å². The van der Waals surface area contributed by atoms with Crippen molar-refractivity contribution in [1.82, 2.24) is 0 Å². The maximum Gasteiger partial charge on any atom is 1.00 e. The molecule has 0 radical (unpaired) electrons. The second kappa shape index (κ2) is 12.0. The molecule has 0 saturated carbocycles. The SMILES string of the molecule is C=C[N-]OCCCCNc1ccc(B(O)O)c(Cl)c1.[K+]. The Bertz CT molecular complexity index is 410. The molecule has 0 bridgehead atoms.